The molecule has 146 valence electrons. The molecule has 3 heterocycles. The van der Waals surface area contributed by atoms with Crippen molar-refractivity contribution >= 4 is 0 Å². The lowest BCUT2D eigenvalue weighted by atomic mass is 9.93. The number of aromatic nitrogens is 4. The lowest BCUT2D eigenvalue weighted by Crippen LogP contribution is -2.38. The Kier molecular flexibility index (Phi) is 4.03. The summed E-state index contributed by atoms with van der Waals surface area (Å²) in [6, 6.07) is 7.54. The Morgan fingerprint density at radius 2 is 2.07 bits per heavy atom. The number of ether oxygens (including phenoxy) is 2. The molecular formula is C18H15F3N4O3. The van der Waals surface area contributed by atoms with Crippen LogP contribution in [0.1, 0.15) is 23.9 Å². The van der Waals surface area contributed by atoms with E-state index in [-0.39, 0.29) is 23.8 Å². The van der Waals surface area contributed by atoms with E-state index in [1.165, 1.54) is 22.9 Å². The summed E-state index contributed by atoms with van der Waals surface area (Å²) >= 11 is 0. The van der Waals surface area contributed by atoms with Crippen molar-refractivity contribution in [3.63, 3.8) is 0 Å². The van der Waals surface area contributed by atoms with Crippen molar-refractivity contribution in [2.75, 3.05) is 0 Å². The zero-order valence-corrected chi connectivity index (χ0v) is 14.9. The number of hydrogen-bond acceptors (Lipinski definition) is 5. The normalized spacial score (nSPS) is 18.9. The average molecular weight is 392 g/mol. The number of aromatic amines is 1. The van der Waals surface area contributed by atoms with Crippen molar-refractivity contribution in [3.8, 4) is 17.3 Å². The number of H-pyrrole nitrogens is 1. The first-order valence-corrected chi connectivity index (χ1v) is 8.31. The molecule has 0 bridgehead atoms. The van der Waals surface area contributed by atoms with E-state index in [0.717, 1.165) is 6.92 Å². The van der Waals surface area contributed by atoms with E-state index in [1.807, 2.05) is 0 Å². The van der Waals surface area contributed by atoms with Gasteiger partial charge in [-0.1, -0.05) is 6.07 Å². The molecule has 0 spiro atoms. The van der Waals surface area contributed by atoms with Crippen LogP contribution in [0.25, 0.3) is 5.69 Å². The largest absolute Gasteiger partial charge is 0.439 e. The van der Waals surface area contributed by atoms with Crippen molar-refractivity contribution in [1.82, 2.24) is 19.7 Å². The fourth-order valence-electron chi connectivity index (χ4n) is 3.09. The van der Waals surface area contributed by atoms with Gasteiger partial charge in [-0.05, 0) is 37.6 Å². The number of hydrogen-bond donors (Lipinski definition) is 1. The molecule has 0 radical (unpaired) electrons. The Morgan fingerprint density at radius 3 is 2.68 bits per heavy atom. The number of rotatable bonds is 3. The van der Waals surface area contributed by atoms with Crippen molar-refractivity contribution in [3.05, 3.63) is 64.0 Å². The lowest BCUT2D eigenvalue weighted by Gasteiger charge is -2.27. The Bertz CT molecular complexity index is 1090. The molecule has 28 heavy (non-hydrogen) atoms. The van der Waals surface area contributed by atoms with Crippen LogP contribution in [-0.4, -0.2) is 25.9 Å². The smallest absolute Gasteiger partial charge is 0.421 e. The number of fused-ring (bicyclic) bond motifs is 1. The third kappa shape index (κ3) is 2.85. The molecule has 0 amide bonds. The summed E-state index contributed by atoms with van der Waals surface area (Å²) in [4.78, 5) is 15.9. The summed E-state index contributed by atoms with van der Waals surface area (Å²) < 4.78 is 52.2. The van der Waals surface area contributed by atoms with Gasteiger partial charge in [0.25, 0.3) is 0 Å². The van der Waals surface area contributed by atoms with Gasteiger partial charge in [0.15, 0.2) is 5.60 Å². The molecule has 0 unspecified atom stereocenters. The molecule has 10 heteroatoms. The monoisotopic (exact) mass is 392 g/mol. The van der Waals surface area contributed by atoms with E-state index in [1.54, 1.807) is 25.1 Å². The van der Waals surface area contributed by atoms with Crippen LogP contribution in [-0.2, 0) is 16.9 Å². The third-order valence-corrected chi connectivity index (χ3v) is 4.69. The van der Waals surface area contributed by atoms with Gasteiger partial charge in [0.2, 0.25) is 5.88 Å². The highest BCUT2D eigenvalue weighted by atomic mass is 19.4. The van der Waals surface area contributed by atoms with Gasteiger partial charge < -0.3 is 9.47 Å². The number of alkyl halides is 3. The summed E-state index contributed by atoms with van der Waals surface area (Å²) in [5, 5.41) is 6.14. The van der Waals surface area contributed by atoms with Gasteiger partial charge in [-0.25, -0.2) is 19.4 Å². The predicted molar refractivity (Wildman–Crippen MR) is 91.4 cm³/mol. The number of benzene rings is 1. The fourth-order valence-corrected chi connectivity index (χ4v) is 3.09. The number of nitrogens with one attached hydrogen (secondary N) is 1. The summed E-state index contributed by atoms with van der Waals surface area (Å²) in [6.45, 7) is 2.55. The molecule has 4 rings (SSSR count). The maximum absolute atomic E-state index is 13.4. The summed E-state index contributed by atoms with van der Waals surface area (Å²) in [5.41, 5.74) is -1.81. The van der Waals surface area contributed by atoms with Crippen LogP contribution in [0.4, 0.5) is 13.2 Å². The molecule has 1 atom stereocenters. The first-order valence-electron chi connectivity index (χ1n) is 8.31. The Labute approximate surface area is 156 Å². The number of aryl methyl sites for hydroxylation is 1. The van der Waals surface area contributed by atoms with Crippen molar-refractivity contribution < 1.29 is 22.6 Å². The van der Waals surface area contributed by atoms with Gasteiger partial charge in [0, 0.05) is 11.6 Å². The zero-order chi connectivity index (χ0) is 20.1. The molecule has 7 nitrogen and oxygen atoms in total. The van der Waals surface area contributed by atoms with Crippen LogP contribution < -0.4 is 10.4 Å². The van der Waals surface area contributed by atoms with Gasteiger partial charge in [0.1, 0.15) is 11.6 Å². The van der Waals surface area contributed by atoms with E-state index in [0.29, 0.717) is 17.1 Å². The fraction of sp³-hybridized carbons (Fsp3) is 0.278. The molecular weight excluding hydrogens is 377 g/mol. The van der Waals surface area contributed by atoms with Crippen LogP contribution >= 0.6 is 0 Å². The van der Waals surface area contributed by atoms with E-state index in [4.69, 9.17) is 9.47 Å². The first-order chi connectivity index (χ1) is 13.2. The van der Waals surface area contributed by atoms with E-state index in [2.05, 4.69) is 15.2 Å². The van der Waals surface area contributed by atoms with Gasteiger partial charge in [0.05, 0.1) is 18.5 Å². The minimum Gasteiger partial charge on any atom is -0.439 e. The average Bonchev–Trinajstić information content (AvgIpc) is 3.16. The summed E-state index contributed by atoms with van der Waals surface area (Å²) in [6.07, 6.45) is -3.14. The van der Waals surface area contributed by atoms with E-state index in [9.17, 15) is 18.0 Å². The number of halogens is 3. The Hall–Kier alpha value is -3.14. The first kappa shape index (κ1) is 18.2. The SMILES string of the molecule is Cc1n[nH]c(=O)n1-c1ccc(Oc2ccc3c(c2)[C@](C)(C(F)(F)F)OC3)nc1. The molecule has 0 saturated carbocycles. The highest BCUT2D eigenvalue weighted by molar-refractivity contribution is 5.43. The van der Waals surface area contributed by atoms with Gasteiger partial charge in [-0.15, -0.1) is 0 Å². The molecule has 0 fully saturated rings. The van der Waals surface area contributed by atoms with Crippen LogP contribution in [0, 0.1) is 6.92 Å². The number of nitrogens with zero attached hydrogens (tertiary/aromatic N) is 3. The molecule has 1 aromatic carbocycles. The van der Waals surface area contributed by atoms with Gasteiger partial charge >= 0.3 is 11.9 Å². The maximum atomic E-state index is 13.4. The molecule has 1 N–H and O–H groups in total. The Morgan fingerprint density at radius 1 is 1.29 bits per heavy atom. The molecule has 0 saturated heterocycles. The quantitative estimate of drug-likeness (QED) is 0.739. The third-order valence-electron chi connectivity index (χ3n) is 4.69. The second-order valence-electron chi connectivity index (χ2n) is 6.51. The second kappa shape index (κ2) is 6.20. The summed E-state index contributed by atoms with van der Waals surface area (Å²) in [5.74, 6) is 0.840. The second-order valence-corrected chi connectivity index (χ2v) is 6.51. The van der Waals surface area contributed by atoms with Gasteiger partial charge in [-0.3, -0.25) is 0 Å². The maximum Gasteiger partial charge on any atom is 0.421 e. The molecule has 3 aromatic rings. The van der Waals surface area contributed by atoms with Gasteiger partial charge in [-0.2, -0.15) is 18.3 Å². The molecule has 1 aliphatic rings. The minimum absolute atomic E-state index is 0.0229. The number of pyridine rings is 1. The minimum atomic E-state index is -4.55. The highest BCUT2D eigenvalue weighted by Gasteiger charge is 2.57. The van der Waals surface area contributed by atoms with E-state index >= 15 is 0 Å². The Balaban J connectivity index is 1.61. The van der Waals surface area contributed by atoms with Crippen LogP contribution in [0.5, 0.6) is 11.6 Å². The van der Waals surface area contributed by atoms with Crippen molar-refractivity contribution in [1.29, 1.82) is 0 Å². The predicted octanol–water partition coefficient (Wildman–Crippen LogP) is 3.36. The van der Waals surface area contributed by atoms with E-state index < -0.39 is 17.5 Å². The topological polar surface area (TPSA) is 82.0 Å². The summed E-state index contributed by atoms with van der Waals surface area (Å²) in [7, 11) is 0. The van der Waals surface area contributed by atoms with Crippen molar-refractivity contribution in [2.24, 2.45) is 0 Å². The van der Waals surface area contributed by atoms with Crippen LogP contribution in [0.15, 0.2) is 41.3 Å². The zero-order valence-electron chi connectivity index (χ0n) is 14.9. The highest BCUT2D eigenvalue weighted by Crippen LogP contribution is 2.48. The lowest BCUT2D eigenvalue weighted by molar-refractivity contribution is -0.272. The molecule has 1 aliphatic heterocycles. The molecule has 0 aliphatic carbocycles. The van der Waals surface area contributed by atoms with Crippen LogP contribution in [0.3, 0.4) is 0 Å². The standard InChI is InChI=1S/C18H15F3N4O3/c1-10-23-24-16(26)25(10)12-4-6-15(22-8-12)28-13-5-3-11-9-27-17(2,14(11)7-13)18(19,20)21/h3-8H,9H2,1-2H3,(H,24,26)/t17-/m1/s1. The van der Waals surface area contributed by atoms with Crippen molar-refractivity contribution in [2.45, 2.75) is 32.2 Å². The molecule has 2 aromatic heterocycles. The van der Waals surface area contributed by atoms with Crippen LogP contribution in [0.2, 0.25) is 0 Å².